The van der Waals surface area contributed by atoms with Crippen LogP contribution in [0, 0.1) is 5.41 Å². The number of hydrogen-bond donors (Lipinski definition) is 2. The highest BCUT2D eigenvalue weighted by Crippen LogP contribution is 2.31. The van der Waals surface area contributed by atoms with E-state index in [0.29, 0.717) is 31.3 Å². The van der Waals surface area contributed by atoms with Gasteiger partial charge < -0.3 is 19.9 Å². The number of carbonyl (C=O) groups is 1. The molecule has 2 atom stereocenters. The summed E-state index contributed by atoms with van der Waals surface area (Å²) in [5, 5.41) is 10.3. The molecular formula is C18H24N4O3. The molecule has 134 valence electrons. The van der Waals surface area contributed by atoms with Crippen LogP contribution in [-0.2, 0) is 9.53 Å². The van der Waals surface area contributed by atoms with Gasteiger partial charge in [0.05, 0.1) is 11.5 Å². The van der Waals surface area contributed by atoms with Gasteiger partial charge in [-0.15, -0.1) is 0 Å². The number of benzene rings is 1. The van der Waals surface area contributed by atoms with E-state index in [-0.39, 0.29) is 11.9 Å². The minimum atomic E-state index is -0.434. The number of aromatic nitrogens is 2. The zero-order chi connectivity index (χ0) is 17.7. The molecule has 0 radical (unpaired) electrons. The van der Waals surface area contributed by atoms with E-state index in [1.807, 2.05) is 37.3 Å². The van der Waals surface area contributed by atoms with Gasteiger partial charge in [0.15, 0.2) is 5.82 Å². The Kier molecular flexibility index (Phi) is 5.45. The van der Waals surface area contributed by atoms with Crippen LogP contribution in [-0.4, -0.2) is 42.9 Å². The second kappa shape index (κ2) is 7.76. The Balaban J connectivity index is 1.68. The third kappa shape index (κ3) is 3.88. The van der Waals surface area contributed by atoms with Crippen molar-refractivity contribution in [3.63, 3.8) is 0 Å². The Hall–Kier alpha value is -2.25. The largest absolute Gasteiger partial charge is 0.385 e. The molecule has 1 fully saturated rings. The molecule has 2 aromatic rings. The first kappa shape index (κ1) is 17.6. The Morgan fingerprint density at radius 2 is 2.24 bits per heavy atom. The molecule has 7 nitrogen and oxygen atoms in total. The Bertz CT molecular complexity index is 695. The van der Waals surface area contributed by atoms with Crippen molar-refractivity contribution in [3.8, 4) is 11.5 Å². The van der Waals surface area contributed by atoms with Gasteiger partial charge in [-0.3, -0.25) is 4.79 Å². The predicted octanol–water partition coefficient (Wildman–Crippen LogP) is 1.93. The number of rotatable bonds is 7. The molecule has 1 amide bonds. The molecule has 1 saturated heterocycles. The third-order valence-corrected chi connectivity index (χ3v) is 4.71. The fraction of sp³-hybridized carbons (Fsp3) is 0.500. The zero-order valence-corrected chi connectivity index (χ0v) is 14.6. The minimum absolute atomic E-state index is 0.00751. The van der Waals surface area contributed by atoms with Crippen molar-refractivity contribution in [2.24, 2.45) is 5.41 Å². The van der Waals surface area contributed by atoms with Gasteiger partial charge in [-0.1, -0.05) is 23.4 Å². The molecule has 1 aromatic carbocycles. The standard InChI is InChI=1S/C18H24N4O3/c1-13(15-21-16(25-22-15)14-6-4-3-5-7-14)20-17(23)18(9-11-24-2)8-10-19-12-18/h3-7,13,19H,8-12H2,1-2H3,(H,20,23). The lowest BCUT2D eigenvalue weighted by Crippen LogP contribution is -2.44. The van der Waals surface area contributed by atoms with Crippen LogP contribution in [0.5, 0.6) is 0 Å². The molecule has 3 rings (SSSR count). The van der Waals surface area contributed by atoms with E-state index >= 15 is 0 Å². The van der Waals surface area contributed by atoms with Crippen molar-refractivity contribution in [2.45, 2.75) is 25.8 Å². The van der Waals surface area contributed by atoms with E-state index in [9.17, 15) is 4.79 Å². The molecule has 1 aromatic heterocycles. The van der Waals surface area contributed by atoms with Gasteiger partial charge in [0.2, 0.25) is 5.91 Å². The molecule has 2 heterocycles. The highest BCUT2D eigenvalue weighted by Gasteiger charge is 2.41. The lowest BCUT2D eigenvalue weighted by Gasteiger charge is -2.27. The molecule has 25 heavy (non-hydrogen) atoms. The smallest absolute Gasteiger partial charge is 0.257 e. The van der Waals surface area contributed by atoms with Gasteiger partial charge in [-0.05, 0) is 38.4 Å². The third-order valence-electron chi connectivity index (χ3n) is 4.71. The van der Waals surface area contributed by atoms with Crippen LogP contribution in [0.2, 0.25) is 0 Å². The van der Waals surface area contributed by atoms with Crippen molar-refractivity contribution in [3.05, 3.63) is 36.2 Å². The summed E-state index contributed by atoms with van der Waals surface area (Å²) >= 11 is 0. The molecule has 0 saturated carbocycles. The topological polar surface area (TPSA) is 89.3 Å². The summed E-state index contributed by atoms with van der Waals surface area (Å²) in [4.78, 5) is 17.3. The van der Waals surface area contributed by atoms with E-state index in [2.05, 4.69) is 20.8 Å². The number of amides is 1. The molecular weight excluding hydrogens is 320 g/mol. The normalized spacial score (nSPS) is 21.2. The van der Waals surface area contributed by atoms with E-state index in [4.69, 9.17) is 9.26 Å². The molecule has 0 bridgehead atoms. The van der Waals surface area contributed by atoms with Crippen molar-refractivity contribution in [2.75, 3.05) is 26.8 Å². The van der Waals surface area contributed by atoms with Crippen LogP contribution in [0.3, 0.4) is 0 Å². The molecule has 2 N–H and O–H groups in total. The number of nitrogens with zero attached hydrogens (tertiary/aromatic N) is 2. The summed E-state index contributed by atoms with van der Waals surface area (Å²) in [6.45, 7) is 3.93. The molecule has 0 aliphatic carbocycles. The van der Waals surface area contributed by atoms with Crippen LogP contribution in [0.4, 0.5) is 0 Å². The van der Waals surface area contributed by atoms with E-state index < -0.39 is 5.41 Å². The van der Waals surface area contributed by atoms with Crippen LogP contribution in [0.15, 0.2) is 34.9 Å². The summed E-state index contributed by atoms with van der Waals surface area (Å²) in [6, 6.07) is 9.25. The van der Waals surface area contributed by atoms with Crippen molar-refractivity contribution in [1.29, 1.82) is 0 Å². The maximum Gasteiger partial charge on any atom is 0.257 e. The molecule has 1 aliphatic rings. The van der Waals surface area contributed by atoms with Crippen LogP contribution in [0.25, 0.3) is 11.5 Å². The van der Waals surface area contributed by atoms with Crippen molar-refractivity contribution < 1.29 is 14.1 Å². The first-order valence-corrected chi connectivity index (χ1v) is 8.54. The van der Waals surface area contributed by atoms with Crippen LogP contribution >= 0.6 is 0 Å². The number of hydrogen-bond acceptors (Lipinski definition) is 6. The fourth-order valence-electron chi connectivity index (χ4n) is 3.08. The zero-order valence-electron chi connectivity index (χ0n) is 14.6. The average molecular weight is 344 g/mol. The van der Waals surface area contributed by atoms with Gasteiger partial charge in [0.1, 0.15) is 0 Å². The van der Waals surface area contributed by atoms with Crippen molar-refractivity contribution >= 4 is 5.91 Å². The highest BCUT2D eigenvalue weighted by atomic mass is 16.5. The van der Waals surface area contributed by atoms with Gasteiger partial charge in [0.25, 0.3) is 5.89 Å². The SMILES string of the molecule is COCCC1(C(=O)NC(C)c2noc(-c3ccccc3)n2)CCNC1. The first-order chi connectivity index (χ1) is 12.1. The van der Waals surface area contributed by atoms with E-state index in [1.165, 1.54) is 0 Å². The van der Waals surface area contributed by atoms with Gasteiger partial charge in [-0.2, -0.15) is 4.98 Å². The Morgan fingerprint density at radius 3 is 2.92 bits per heavy atom. The minimum Gasteiger partial charge on any atom is -0.385 e. The average Bonchev–Trinajstić information content (AvgIpc) is 3.31. The summed E-state index contributed by atoms with van der Waals surface area (Å²) in [6.07, 6.45) is 1.49. The lowest BCUT2D eigenvalue weighted by molar-refractivity contribution is -0.131. The quantitative estimate of drug-likeness (QED) is 0.798. The fourth-order valence-corrected chi connectivity index (χ4v) is 3.08. The Morgan fingerprint density at radius 1 is 1.44 bits per heavy atom. The number of methoxy groups -OCH3 is 1. The number of ether oxygens (including phenoxy) is 1. The summed E-state index contributed by atoms with van der Waals surface area (Å²) in [7, 11) is 1.65. The Labute approximate surface area is 147 Å². The maximum atomic E-state index is 12.8. The molecule has 0 spiro atoms. The second-order valence-electron chi connectivity index (χ2n) is 6.47. The molecule has 2 unspecified atom stereocenters. The van der Waals surface area contributed by atoms with E-state index in [1.54, 1.807) is 7.11 Å². The van der Waals surface area contributed by atoms with Gasteiger partial charge >= 0.3 is 0 Å². The van der Waals surface area contributed by atoms with Gasteiger partial charge in [-0.25, -0.2) is 0 Å². The van der Waals surface area contributed by atoms with Crippen LogP contribution < -0.4 is 10.6 Å². The lowest BCUT2D eigenvalue weighted by atomic mass is 9.82. The molecule has 1 aliphatic heterocycles. The van der Waals surface area contributed by atoms with Crippen LogP contribution in [0.1, 0.15) is 31.6 Å². The first-order valence-electron chi connectivity index (χ1n) is 8.54. The number of carbonyl (C=O) groups excluding carboxylic acids is 1. The maximum absolute atomic E-state index is 12.8. The summed E-state index contributed by atoms with van der Waals surface area (Å²) in [5.41, 5.74) is 0.423. The highest BCUT2D eigenvalue weighted by molar-refractivity contribution is 5.83. The van der Waals surface area contributed by atoms with Gasteiger partial charge in [0, 0.05) is 25.8 Å². The van der Waals surface area contributed by atoms with E-state index in [0.717, 1.165) is 18.5 Å². The summed E-state index contributed by atoms with van der Waals surface area (Å²) in [5.74, 6) is 0.932. The summed E-state index contributed by atoms with van der Waals surface area (Å²) < 4.78 is 10.5. The monoisotopic (exact) mass is 344 g/mol. The predicted molar refractivity (Wildman–Crippen MR) is 92.7 cm³/mol. The molecule has 7 heteroatoms. The van der Waals surface area contributed by atoms with Crippen molar-refractivity contribution in [1.82, 2.24) is 20.8 Å². The second-order valence-corrected chi connectivity index (χ2v) is 6.47. The number of nitrogens with one attached hydrogen (secondary N) is 2.